The average Bonchev–Trinajstić information content (AvgIpc) is 3.29. The lowest BCUT2D eigenvalue weighted by molar-refractivity contribution is 0.0772. The molecule has 0 radical (unpaired) electrons. The Morgan fingerprint density at radius 3 is 2.76 bits per heavy atom. The predicted octanol–water partition coefficient (Wildman–Crippen LogP) is 2.07. The van der Waals surface area contributed by atoms with E-state index in [0.29, 0.717) is 29.3 Å². The molecule has 0 spiro atoms. The van der Waals surface area contributed by atoms with Crippen LogP contribution in [0, 0.1) is 25.7 Å². The first-order chi connectivity index (χ1) is 12.0. The molecule has 7 nitrogen and oxygen atoms in total. The van der Waals surface area contributed by atoms with Crippen LogP contribution in [-0.2, 0) is 0 Å². The normalized spacial score (nSPS) is 25.2. The molecule has 0 bridgehead atoms. The molecule has 2 aliphatic rings. The van der Waals surface area contributed by atoms with Gasteiger partial charge in [-0.2, -0.15) is 5.10 Å². The molecule has 1 amide bonds. The van der Waals surface area contributed by atoms with Gasteiger partial charge < -0.3 is 14.2 Å². The molecule has 4 rings (SSSR count). The zero-order chi connectivity index (χ0) is 17.6. The molecule has 1 saturated carbocycles. The van der Waals surface area contributed by atoms with Crippen LogP contribution >= 0.6 is 0 Å². The van der Waals surface area contributed by atoms with E-state index in [2.05, 4.69) is 27.1 Å². The number of carbonyl (C=O) groups excluding carboxylic acids is 1. The van der Waals surface area contributed by atoms with Crippen molar-refractivity contribution in [3.8, 4) is 0 Å². The maximum absolute atomic E-state index is 12.7. The number of aromatic nitrogens is 3. The van der Waals surface area contributed by atoms with E-state index in [1.807, 2.05) is 24.0 Å². The van der Waals surface area contributed by atoms with E-state index < -0.39 is 0 Å². The topological polar surface area (TPSA) is 75.4 Å². The van der Waals surface area contributed by atoms with Crippen LogP contribution < -0.4 is 4.90 Å². The van der Waals surface area contributed by atoms with Crippen molar-refractivity contribution in [2.24, 2.45) is 11.8 Å². The predicted molar refractivity (Wildman–Crippen MR) is 92.3 cm³/mol. The fourth-order valence-corrected chi connectivity index (χ4v) is 4.29. The fraction of sp³-hybridized carbons (Fsp3) is 0.556. The molecule has 7 heteroatoms. The quantitative estimate of drug-likeness (QED) is 0.851. The van der Waals surface area contributed by atoms with Gasteiger partial charge in [0.2, 0.25) is 0 Å². The zero-order valence-corrected chi connectivity index (χ0v) is 14.8. The molecule has 0 unspecified atom stereocenters. The first-order valence-electron chi connectivity index (χ1n) is 8.77. The molecule has 2 fully saturated rings. The van der Waals surface area contributed by atoms with Crippen LogP contribution in [0.3, 0.4) is 0 Å². The third-order valence-corrected chi connectivity index (χ3v) is 5.70. The van der Waals surface area contributed by atoms with Gasteiger partial charge in [-0.05, 0) is 44.7 Å². The molecule has 0 aromatic carbocycles. The van der Waals surface area contributed by atoms with E-state index in [1.54, 1.807) is 6.92 Å². The van der Waals surface area contributed by atoms with E-state index >= 15 is 0 Å². The highest BCUT2D eigenvalue weighted by Crippen LogP contribution is 2.41. The Hall–Kier alpha value is -2.44. The summed E-state index contributed by atoms with van der Waals surface area (Å²) < 4.78 is 5.18. The minimum atomic E-state index is -0.0165. The molecule has 1 aliphatic heterocycles. The largest absolute Gasteiger partial charge is 0.448 e. The number of nitrogens with zero attached hydrogens (tertiary/aromatic N) is 5. The van der Waals surface area contributed by atoms with E-state index in [9.17, 15) is 4.79 Å². The first-order valence-corrected chi connectivity index (χ1v) is 8.77. The monoisotopic (exact) mass is 341 g/mol. The number of aryl methyl sites for hydroxylation is 2. The van der Waals surface area contributed by atoms with Gasteiger partial charge >= 0.3 is 0 Å². The number of fused-ring (bicyclic) bond motifs is 1. The van der Waals surface area contributed by atoms with Crippen molar-refractivity contribution in [1.29, 1.82) is 0 Å². The maximum Gasteiger partial charge on any atom is 0.276 e. The smallest absolute Gasteiger partial charge is 0.276 e. The third-order valence-electron chi connectivity index (χ3n) is 5.70. The highest BCUT2D eigenvalue weighted by Gasteiger charge is 2.46. The summed E-state index contributed by atoms with van der Waals surface area (Å²) in [5.74, 6) is 2.47. The van der Waals surface area contributed by atoms with Gasteiger partial charge in [0.25, 0.3) is 5.91 Å². The Labute approximate surface area is 147 Å². The van der Waals surface area contributed by atoms with Crippen molar-refractivity contribution < 1.29 is 9.21 Å². The van der Waals surface area contributed by atoms with Crippen molar-refractivity contribution in [2.45, 2.75) is 32.7 Å². The molecule has 0 N–H and O–H groups in total. The summed E-state index contributed by atoms with van der Waals surface area (Å²) >= 11 is 0. The van der Waals surface area contributed by atoms with Gasteiger partial charge in [-0.1, -0.05) is 0 Å². The summed E-state index contributed by atoms with van der Waals surface area (Å²) in [6.07, 6.45) is 3.61. The molecular weight excluding hydrogens is 318 g/mol. The van der Waals surface area contributed by atoms with Crippen molar-refractivity contribution in [1.82, 2.24) is 20.1 Å². The number of hydrogen-bond donors (Lipinski definition) is 0. The second kappa shape index (κ2) is 6.13. The molecule has 25 heavy (non-hydrogen) atoms. The summed E-state index contributed by atoms with van der Waals surface area (Å²) in [4.78, 5) is 20.9. The number of amides is 1. The summed E-state index contributed by atoms with van der Waals surface area (Å²) in [7, 11) is 2.08. The van der Waals surface area contributed by atoms with Crippen molar-refractivity contribution in [2.75, 3.05) is 25.0 Å². The van der Waals surface area contributed by atoms with Gasteiger partial charge in [-0.25, -0.2) is 4.98 Å². The number of rotatable bonds is 3. The lowest BCUT2D eigenvalue weighted by atomic mass is 9.97. The van der Waals surface area contributed by atoms with E-state index in [4.69, 9.17) is 4.42 Å². The van der Waals surface area contributed by atoms with Gasteiger partial charge in [-0.3, -0.25) is 4.79 Å². The van der Waals surface area contributed by atoms with Crippen molar-refractivity contribution in [3.05, 3.63) is 35.7 Å². The summed E-state index contributed by atoms with van der Waals surface area (Å²) in [5.41, 5.74) is 1.36. The van der Waals surface area contributed by atoms with E-state index in [0.717, 1.165) is 37.4 Å². The minimum absolute atomic E-state index is 0.0165. The van der Waals surface area contributed by atoms with Gasteiger partial charge in [0.15, 0.2) is 17.9 Å². The highest BCUT2D eigenvalue weighted by atomic mass is 16.3. The van der Waals surface area contributed by atoms with Gasteiger partial charge in [0.05, 0.1) is 5.69 Å². The van der Waals surface area contributed by atoms with Gasteiger partial charge in [-0.15, -0.1) is 5.10 Å². The van der Waals surface area contributed by atoms with Crippen LogP contribution in [0.15, 0.2) is 22.9 Å². The Morgan fingerprint density at radius 1 is 1.24 bits per heavy atom. The van der Waals surface area contributed by atoms with Crippen molar-refractivity contribution >= 4 is 11.7 Å². The van der Waals surface area contributed by atoms with Crippen LogP contribution in [0.5, 0.6) is 0 Å². The van der Waals surface area contributed by atoms with Crippen LogP contribution in [0.25, 0.3) is 0 Å². The van der Waals surface area contributed by atoms with Gasteiger partial charge in [0, 0.05) is 32.1 Å². The van der Waals surface area contributed by atoms with Gasteiger partial charge in [0.1, 0.15) is 5.76 Å². The first kappa shape index (κ1) is 16.1. The highest BCUT2D eigenvalue weighted by molar-refractivity contribution is 5.93. The Balaban J connectivity index is 1.49. The number of likely N-dealkylation sites (tertiary alicyclic amines) is 1. The number of hydrogen-bond acceptors (Lipinski definition) is 6. The van der Waals surface area contributed by atoms with E-state index in [1.165, 1.54) is 6.39 Å². The second-order valence-electron chi connectivity index (χ2n) is 7.18. The number of anilines is 1. The molecular formula is C18H23N5O2. The molecule has 1 saturated heterocycles. The van der Waals surface area contributed by atoms with Crippen LogP contribution in [0.4, 0.5) is 5.82 Å². The SMILES string of the molecule is Cc1ccc(N(C)[C@@H]2CC[C@@H]3CN(C(=O)c4ncoc4C)C[C@@H]32)nn1. The Bertz CT molecular complexity index is 772. The summed E-state index contributed by atoms with van der Waals surface area (Å²) in [5, 5.41) is 8.49. The average molecular weight is 341 g/mol. The summed E-state index contributed by atoms with van der Waals surface area (Å²) in [6, 6.07) is 4.40. The number of carbonyl (C=O) groups is 1. The molecule has 2 aromatic heterocycles. The summed E-state index contributed by atoms with van der Waals surface area (Å²) in [6.45, 7) is 5.29. The third kappa shape index (κ3) is 2.77. The molecule has 3 atom stereocenters. The molecule has 132 valence electrons. The number of oxazole rings is 1. The lowest BCUT2D eigenvalue weighted by Crippen LogP contribution is -2.39. The lowest BCUT2D eigenvalue weighted by Gasteiger charge is -2.30. The van der Waals surface area contributed by atoms with E-state index in [-0.39, 0.29) is 5.91 Å². The van der Waals surface area contributed by atoms with Crippen LogP contribution in [-0.4, -0.2) is 52.2 Å². The zero-order valence-electron chi connectivity index (χ0n) is 14.8. The maximum atomic E-state index is 12.7. The Kier molecular flexibility index (Phi) is 3.94. The fourth-order valence-electron chi connectivity index (χ4n) is 4.29. The van der Waals surface area contributed by atoms with Crippen LogP contribution in [0.2, 0.25) is 0 Å². The Morgan fingerprint density at radius 2 is 2.08 bits per heavy atom. The molecule has 3 heterocycles. The molecule has 2 aromatic rings. The second-order valence-corrected chi connectivity index (χ2v) is 7.18. The minimum Gasteiger partial charge on any atom is -0.448 e. The van der Waals surface area contributed by atoms with Crippen molar-refractivity contribution in [3.63, 3.8) is 0 Å². The molecule has 1 aliphatic carbocycles. The van der Waals surface area contributed by atoms with Crippen LogP contribution in [0.1, 0.15) is 34.8 Å². The standard InChI is InChI=1S/C18H23N5O2/c1-11-4-7-16(21-20-11)22(3)15-6-5-13-8-23(9-14(13)15)18(24)17-12(2)25-10-19-17/h4,7,10,13-15H,5-6,8-9H2,1-3H3/t13-,14+,15-/m1/s1.